The number of ether oxygens (including phenoxy) is 3. The Hall–Kier alpha value is -2.20. The molecular formula is C23H33IN4O3. The Bertz CT molecular complexity index is 840. The third-order valence-electron chi connectivity index (χ3n) is 5.22. The number of hydrogen-bond acceptors (Lipinski definition) is 5. The van der Waals surface area contributed by atoms with Gasteiger partial charge in [-0.05, 0) is 17.5 Å². The lowest BCUT2D eigenvalue weighted by Gasteiger charge is -2.21. The molecule has 0 saturated carbocycles. The van der Waals surface area contributed by atoms with Crippen molar-refractivity contribution < 1.29 is 14.2 Å². The van der Waals surface area contributed by atoms with Crippen LogP contribution < -0.4 is 25.0 Å². The van der Waals surface area contributed by atoms with E-state index in [9.17, 15) is 0 Å². The van der Waals surface area contributed by atoms with Gasteiger partial charge in [-0.1, -0.05) is 24.3 Å². The Morgan fingerprint density at radius 3 is 2.42 bits per heavy atom. The molecule has 0 aliphatic carbocycles. The fourth-order valence-electron chi connectivity index (χ4n) is 3.66. The van der Waals surface area contributed by atoms with E-state index >= 15 is 0 Å². The number of nitrogens with one attached hydrogen (secondary N) is 2. The number of methoxy groups -OCH3 is 3. The van der Waals surface area contributed by atoms with Gasteiger partial charge in [-0.15, -0.1) is 24.0 Å². The third kappa shape index (κ3) is 7.17. The van der Waals surface area contributed by atoms with Gasteiger partial charge in [-0.2, -0.15) is 0 Å². The minimum absolute atomic E-state index is 0. The van der Waals surface area contributed by atoms with Crippen LogP contribution in [0.4, 0.5) is 5.69 Å². The van der Waals surface area contributed by atoms with E-state index in [-0.39, 0.29) is 24.0 Å². The molecule has 1 heterocycles. The number of rotatable bonds is 8. The molecule has 0 radical (unpaired) electrons. The van der Waals surface area contributed by atoms with Gasteiger partial charge in [0.15, 0.2) is 5.96 Å². The van der Waals surface area contributed by atoms with Crippen molar-refractivity contribution in [1.82, 2.24) is 10.6 Å². The molecule has 0 bridgehead atoms. The van der Waals surface area contributed by atoms with Gasteiger partial charge in [-0.25, -0.2) is 0 Å². The van der Waals surface area contributed by atoms with Crippen molar-refractivity contribution in [2.45, 2.75) is 25.6 Å². The number of halogens is 1. The summed E-state index contributed by atoms with van der Waals surface area (Å²) in [4.78, 5) is 6.73. The lowest BCUT2D eigenvalue weighted by Crippen LogP contribution is -2.44. The van der Waals surface area contributed by atoms with Crippen molar-refractivity contribution in [1.29, 1.82) is 0 Å². The average molecular weight is 540 g/mol. The van der Waals surface area contributed by atoms with Crippen LogP contribution in [0, 0.1) is 0 Å². The van der Waals surface area contributed by atoms with Crippen molar-refractivity contribution in [2.24, 2.45) is 4.99 Å². The van der Waals surface area contributed by atoms with E-state index < -0.39 is 0 Å². The van der Waals surface area contributed by atoms with Crippen LogP contribution in [-0.2, 0) is 17.9 Å². The molecule has 1 aliphatic heterocycles. The zero-order valence-corrected chi connectivity index (χ0v) is 21.0. The molecule has 1 aliphatic rings. The van der Waals surface area contributed by atoms with Crippen LogP contribution in [-0.4, -0.2) is 53.5 Å². The second-order valence-electron chi connectivity index (χ2n) is 7.33. The number of benzene rings is 2. The number of guanidine groups is 1. The maximum absolute atomic E-state index is 5.40. The van der Waals surface area contributed by atoms with Gasteiger partial charge in [0.1, 0.15) is 11.5 Å². The van der Waals surface area contributed by atoms with Crippen molar-refractivity contribution in [3.8, 4) is 11.5 Å². The molecule has 31 heavy (non-hydrogen) atoms. The maximum Gasteiger partial charge on any atom is 0.191 e. The van der Waals surface area contributed by atoms with Crippen LogP contribution in [0.3, 0.4) is 0 Å². The summed E-state index contributed by atoms with van der Waals surface area (Å²) in [6, 6.07) is 14.7. The van der Waals surface area contributed by atoms with Crippen molar-refractivity contribution in [3.05, 3.63) is 53.6 Å². The first-order valence-corrected chi connectivity index (χ1v) is 10.2. The Kier molecular flexibility index (Phi) is 10.2. The quantitative estimate of drug-likeness (QED) is 0.304. The molecule has 1 fully saturated rings. The topological polar surface area (TPSA) is 67.4 Å². The summed E-state index contributed by atoms with van der Waals surface area (Å²) in [5, 5.41) is 6.96. The molecule has 0 spiro atoms. The smallest absolute Gasteiger partial charge is 0.191 e. The molecule has 170 valence electrons. The summed E-state index contributed by atoms with van der Waals surface area (Å²) in [6.45, 7) is 3.18. The van der Waals surface area contributed by atoms with E-state index in [4.69, 9.17) is 14.2 Å². The third-order valence-corrected chi connectivity index (χ3v) is 5.22. The highest BCUT2D eigenvalue weighted by Gasteiger charge is 2.24. The summed E-state index contributed by atoms with van der Waals surface area (Å²) in [6.07, 6.45) is 1.03. The molecule has 0 amide bonds. The Labute approximate surface area is 202 Å². The van der Waals surface area contributed by atoms with Crippen molar-refractivity contribution in [2.75, 3.05) is 46.4 Å². The molecule has 3 rings (SSSR count). The van der Waals surface area contributed by atoms with Crippen LogP contribution in [0.15, 0.2) is 47.5 Å². The van der Waals surface area contributed by atoms with Gasteiger partial charge < -0.3 is 29.7 Å². The highest BCUT2D eigenvalue weighted by Crippen LogP contribution is 2.30. The molecule has 8 heteroatoms. The fraction of sp³-hybridized carbons (Fsp3) is 0.435. The monoisotopic (exact) mass is 540 g/mol. The average Bonchev–Trinajstić information content (AvgIpc) is 3.25. The first-order chi connectivity index (χ1) is 14.6. The largest absolute Gasteiger partial charge is 0.497 e. The second kappa shape index (κ2) is 12.6. The predicted octanol–water partition coefficient (Wildman–Crippen LogP) is 3.41. The van der Waals surface area contributed by atoms with Crippen LogP contribution in [0.5, 0.6) is 11.5 Å². The summed E-state index contributed by atoms with van der Waals surface area (Å²) in [5.74, 6) is 2.41. The minimum Gasteiger partial charge on any atom is -0.497 e. The molecule has 2 aromatic carbocycles. The highest BCUT2D eigenvalue weighted by atomic mass is 127. The minimum atomic E-state index is 0. The first kappa shape index (κ1) is 25.1. The van der Waals surface area contributed by atoms with Crippen LogP contribution in [0.25, 0.3) is 0 Å². The standard InChI is InChI=1S/C23H32N4O3.HI/c1-24-23(25-14-17-6-5-7-18(10-17)16-28-2)26-19-8-9-27(15-19)20-11-21(29-3)13-22(12-20)30-4;/h5-7,10-13,19H,8-9,14-16H2,1-4H3,(H2,24,25,26);1H. The van der Waals surface area contributed by atoms with E-state index in [1.807, 2.05) is 18.2 Å². The van der Waals surface area contributed by atoms with Gasteiger partial charge in [0.2, 0.25) is 0 Å². The van der Waals surface area contributed by atoms with Gasteiger partial charge in [-0.3, -0.25) is 4.99 Å². The van der Waals surface area contributed by atoms with Crippen molar-refractivity contribution >= 4 is 35.6 Å². The molecule has 7 nitrogen and oxygen atoms in total. The van der Waals surface area contributed by atoms with E-state index in [0.717, 1.165) is 42.7 Å². The number of nitrogens with zero attached hydrogens (tertiary/aromatic N) is 2. The zero-order valence-electron chi connectivity index (χ0n) is 18.7. The van der Waals surface area contributed by atoms with E-state index in [1.54, 1.807) is 28.4 Å². The normalized spacial score (nSPS) is 15.9. The molecule has 0 aromatic heterocycles. The Morgan fingerprint density at radius 2 is 1.77 bits per heavy atom. The molecular weight excluding hydrogens is 507 g/mol. The Morgan fingerprint density at radius 1 is 1.06 bits per heavy atom. The number of hydrogen-bond donors (Lipinski definition) is 2. The number of aliphatic imine (C=N–C) groups is 1. The lowest BCUT2D eigenvalue weighted by atomic mass is 10.1. The summed E-state index contributed by atoms with van der Waals surface area (Å²) < 4.78 is 16.0. The van der Waals surface area contributed by atoms with Crippen LogP contribution in [0.2, 0.25) is 0 Å². The van der Waals surface area contributed by atoms with Gasteiger partial charge in [0.25, 0.3) is 0 Å². The van der Waals surface area contributed by atoms with E-state index in [2.05, 4.69) is 44.8 Å². The fourth-order valence-corrected chi connectivity index (χ4v) is 3.66. The van der Waals surface area contributed by atoms with E-state index in [1.165, 1.54) is 11.1 Å². The highest BCUT2D eigenvalue weighted by molar-refractivity contribution is 14.0. The first-order valence-electron chi connectivity index (χ1n) is 10.2. The van der Waals surface area contributed by atoms with Gasteiger partial charge in [0, 0.05) is 63.7 Å². The molecule has 1 unspecified atom stereocenters. The predicted molar refractivity (Wildman–Crippen MR) is 136 cm³/mol. The second-order valence-corrected chi connectivity index (χ2v) is 7.33. The van der Waals surface area contributed by atoms with E-state index in [0.29, 0.717) is 19.2 Å². The zero-order chi connectivity index (χ0) is 21.3. The number of anilines is 1. The SMILES string of the molecule is CN=C(NCc1cccc(COC)c1)NC1CCN(c2cc(OC)cc(OC)c2)C1.I. The van der Waals surface area contributed by atoms with Gasteiger partial charge in [0.05, 0.1) is 20.8 Å². The van der Waals surface area contributed by atoms with Gasteiger partial charge >= 0.3 is 0 Å². The lowest BCUT2D eigenvalue weighted by molar-refractivity contribution is 0.185. The molecule has 2 aromatic rings. The maximum atomic E-state index is 5.40. The molecule has 1 saturated heterocycles. The molecule has 1 atom stereocenters. The van der Waals surface area contributed by atoms with Crippen molar-refractivity contribution in [3.63, 3.8) is 0 Å². The van der Waals surface area contributed by atoms with Crippen LogP contribution >= 0.6 is 24.0 Å². The summed E-state index contributed by atoms with van der Waals surface area (Å²) in [7, 11) is 6.86. The summed E-state index contributed by atoms with van der Waals surface area (Å²) >= 11 is 0. The molecule has 2 N–H and O–H groups in total. The Balaban J connectivity index is 0.00000341. The summed E-state index contributed by atoms with van der Waals surface area (Å²) in [5.41, 5.74) is 3.47. The van der Waals surface area contributed by atoms with Crippen LogP contribution in [0.1, 0.15) is 17.5 Å².